The molecule has 7 nitrogen and oxygen atoms in total. The summed E-state index contributed by atoms with van der Waals surface area (Å²) in [7, 11) is 1.64. The molecule has 28 heavy (non-hydrogen) atoms. The van der Waals surface area contributed by atoms with E-state index in [0.717, 1.165) is 41.8 Å². The summed E-state index contributed by atoms with van der Waals surface area (Å²) in [6, 6.07) is 4.82. The molecule has 154 valence electrons. The Hall–Kier alpha value is -1.27. The van der Waals surface area contributed by atoms with Crippen molar-refractivity contribution in [3.05, 3.63) is 45.7 Å². The lowest BCUT2D eigenvalue weighted by Gasteiger charge is -2.25. The van der Waals surface area contributed by atoms with Crippen LogP contribution in [0.1, 0.15) is 30.6 Å². The standard InChI is InChI=1S/C18H24BrFN6O.HI/c1-3-21-18(22-9-12-8-13(20)4-6-15(12)19)23-14-5-7-17-24-16(11-27-2)25-26(17)10-14;/h4,6,8,14H,3,5,7,9-11H2,1-2H3,(H2,21,22,23);1H. The highest BCUT2D eigenvalue weighted by Crippen LogP contribution is 2.19. The molecular formula is C18H25BrFIN6O. The number of hydrogen-bond acceptors (Lipinski definition) is 4. The van der Waals surface area contributed by atoms with Gasteiger partial charge in [-0.1, -0.05) is 15.9 Å². The second-order valence-electron chi connectivity index (χ2n) is 6.37. The van der Waals surface area contributed by atoms with E-state index in [1.54, 1.807) is 13.2 Å². The predicted octanol–water partition coefficient (Wildman–Crippen LogP) is 3.01. The molecule has 1 aromatic carbocycles. The van der Waals surface area contributed by atoms with Crippen LogP contribution in [0.4, 0.5) is 4.39 Å². The van der Waals surface area contributed by atoms with Gasteiger partial charge < -0.3 is 15.4 Å². The molecule has 0 amide bonds. The van der Waals surface area contributed by atoms with Crippen molar-refractivity contribution in [1.29, 1.82) is 0 Å². The molecule has 2 aromatic rings. The van der Waals surface area contributed by atoms with Gasteiger partial charge in [-0.15, -0.1) is 24.0 Å². The Balaban J connectivity index is 0.00000280. The molecule has 0 aliphatic carbocycles. The lowest BCUT2D eigenvalue weighted by atomic mass is 10.1. The lowest BCUT2D eigenvalue weighted by molar-refractivity contribution is 0.177. The molecule has 0 bridgehead atoms. The van der Waals surface area contributed by atoms with Gasteiger partial charge in [0.05, 0.1) is 13.1 Å². The number of aryl methyl sites for hydroxylation is 1. The zero-order valence-electron chi connectivity index (χ0n) is 15.9. The normalized spacial score (nSPS) is 16.3. The molecule has 2 N–H and O–H groups in total. The SMILES string of the molecule is CCNC(=NCc1cc(F)ccc1Br)NC1CCc2nc(COC)nn2C1.I. The number of aromatic nitrogens is 3. The van der Waals surface area contributed by atoms with Crippen molar-refractivity contribution >= 4 is 45.9 Å². The average molecular weight is 567 g/mol. The molecule has 1 aliphatic rings. The van der Waals surface area contributed by atoms with E-state index in [0.29, 0.717) is 24.9 Å². The van der Waals surface area contributed by atoms with Gasteiger partial charge in [0.25, 0.3) is 0 Å². The number of benzene rings is 1. The van der Waals surface area contributed by atoms with Gasteiger partial charge in [0, 0.05) is 30.6 Å². The monoisotopic (exact) mass is 566 g/mol. The number of fused-ring (bicyclic) bond motifs is 1. The van der Waals surface area contributed by atoms with Gasteiger partial charge in [0.2, 0.25) is 0 Å². The molecule has 10 heteroatoms. The van der Waals surface area contributed by atoms with E-state index < -0.39 is 0 Å². The van der Waals surface area contributed by atoms with Gasteiger partial charge in [-0.2, -0.15) is 5.10 Å². The first kappa shape index (κ1) is 23.0. The molecule has 2 heterocycles. The number of nitrogens with one attached hydrogen (secondary N) is 2. The maximum atomic E-state index is 13.5. The molecule has 3 rings (SSSR count). The maximum absolute atomic E-state index is 13.5. The van der Waals surface area contributed by atoms with Gasteiger partial charge in [-0.25, -0.2) is 19.0 Å². The van der Waals surface area contributed by atoms with E-state index >= 15 is 0 Å². The zero-order chi connectivity index (χ0) is 19.2. The van der Waals surface area contributed by atoms with Crippen LogP contribution in [0.2, 0.25) is 0 Å². The largest absolute Gasteiger partial charge is 0.377 e. The van der Waals surface area contributed by atoms with Crippen molar-refractivity contribution in [1.82, 2.24) is 25.4 Å². The van der Waals surface area contributed by atoms with E-state index in [9.17, 15) is 4.39 Å². The van der Waals surface area contributed by atoms with E-state index in [1.807, 2.05) is 11.6 Å². The molecule has 1 aliphatic heterocycles. The van der Waals surface area contributed by atoms with Crippen LogP contribution in [0.25, 0.3) is 0 Å². The van der Waals surface area contributed by atoms with Crippen molar-refractivity contribution in [3.8, 4) is 0 Å². The van der Waals surface area contributed by atoms with Crippen molar-refractivity contribution in [2.24, 2.45) is 4.99 Å². The second kappa shape index (κ2) is 11.1. The molecule has 0 radical (unpaired) electrons. The van der Waals surface area contributed by atoms with E-state index in [-0.39, 0.29) is 35.8 Å². The minimum Gasteiger partial charge on any atom is -0.377 e. The van der Waals surface area contributed by atoms with Crippen LogP contribution < -0.4 is 10.6 Å². The smallest absolute Gasteiger partial charge is 0.191 e. The van der Waals surface area contributed by atoms with Crippen LogP contribution in [0.15, 0.2) is 27.7 Å². The molecule has 0 spiro atoms. The molecular weight excluding hydrogens is 542 g/mol. The van der Waals surface area contributed by atoms with E-state index in [1.165, 1.54) is 12.1 Å². The summed E-state index contributed by atoms with van der Waals surface area (Å²) in [6.07, 6.45) is 1.79. The molecule has 0 saturated carbocycles. The molecule has 1 atom stereocenters. The molecule has 1 unspecified atom stereocenters. The second-order valence-corrected chi connectivity index (χ2v) is 7.22. The number of methoxy groups -OCH3 is 1. The summed E-state index contributed by atoms with van der Waals surface area (Å²) in [5, 5.41) is 11.2. The number of nitrogens with zero attached hydrogens (tertiary/aromatic N) is 4. The van der Waals surface area contributed by atoms with Gasteiger partial charge >= 0.3 is 0 Å². The van der Waals surface area contributed by atoms with Crippen molar-refractivity contribution in [2.75, 3.05) is 13.7 Å². The Morgan fingerprint density at radius 2 is 2.29 bits per heavy atom. The summed E-state index contributed by atoms with van der Waals surface area (Å²) in [5.41, 5.74) is 0.804. The third kappa shape index (κ3) is 6.11. The van der Waals surface area contributed by atoms with Crippen LogP contribution in [-0.4, -0.2) is 40.4 Å². The Morgan fingerprint density at radius 1 is 1.46 bits per heavy atom. The predicted molar refractivity (Wildman–Crippen MR) is 120 cm³/mol. The Bertz CT molecular complexity index is 815. The van der Waals surface area contributed by atoms with Crippen molar-refractivity contribution in [3.63, 3.8) is 0 Å². The first-order chi connectivity index (χ1) is 13.1. The average Bonchev–Trinajstić information content (AvgIpc) is 3.04. The summed E-state index contributed by atoms with van der Waals surface area (Å²) in [4.78, 5) is 9.10. The highest BCUT2D eigenvalue weighted by atomic mass is 127. The van der Waals surface area contributed by atoms with Gasteiger partial charge in [0.15, 0.2) is 11.8 Å². The zero-order valence-corrected chi connectivity index (χ0v) is 19.8. The Morgan fingerprint density at radius 3 is 3.04 bits per heavy atom. The third-order valence-corrected chi connectivity index (χ3v) is 5.05. The fourth-order valence-corrected chi connectivity index (χ4v) is 3.38. The minimum absolute atomic E-state index is 0. The summed E-state index contributed by atoms with van der Waals surface area (Å²) in [6.45, 7) is 4.29. The summed E-state index contributed by atoms with van der Waals surface area (Å²) < 4.78 is 21.4. The Kier molecular flexibility index (Phi) is 9.09. The van der Waals surface area contributed by atoms with Gasteiger partial charge in [-0.3, -0.25) is 0 Å². The molecule has 1 aromatic heterocycles. The molecule has 0 saturated heterocycles. The van der Waals surface area contributed by atoms with Crippen LogP contribution in [-0.2, 0) is 30.9 Å². The van der Waals surface area contributed by atoms with Crippen molar-refractivity contribution in [2.45, 2.75) is 45.5 Å². The highest BCUT2D eigenvalue weighted by molar-refractivity contribution is 14.0. The van der Waals surface area contributed by atoms with Crippen LogP contribution in [0.5, 0.6) is 0 Å². The highest BCUT2D eigenvalue weighted by Gasteiger charge is 2.22. The fourth-order valence-electron chi connectivity index (χ4n) is 3.01. The van der Waals surface area contributed by atoms with Crippen LogP contribution in [0.3, 0.4) is 0 Å². The quantitative estimate of drug-likeness (QED) is 0.319. The van der Waals surface area contributed by atoms with E-state index in [2.05, 4.69) is 41.6 Å². The van der Waals surface area contributed by atoms with Crippen LogP contribution >= 0.6 is 39.9 Å². The summed E-state index contributed by atoms with van der Waals surface area (Å²) in [5.74, 6) is 2.15. The number of halogens is 3. The number of rotatable bonds is 6. The maximum Gasteiger partial charge on any atom is 0.191 e. The van der Waals surface area contributed by atoms with Gasteiger partial charge in [0.1, 0.15) is 18.2 Å². The number of hydrogen-bond donors (Lipinski definition) is 2. The van der Waals surface area contributed by atoms with Crippen LogP contribution in [0, 0.1) is 5.82 Å². The number of aliphatic imine (C=N–C) groups is 1. The van der Waals surface area contributed by atoms with Crippen molar-refractivity contribution < 1.29 is 9.13 Å². The third-order valence-electron chi connectivity index (χ3n) is 4.28. The van der Waals surface area contributed by atoms with Gasteiger partial charge in [-0.05, 0) is 37.1 Å². The summed E-state index contributed by atoms with van der Waals surface area (Å²) >= 11 is 3.45. The minimum atomic E-state index is -0.265. The Labute approximate surface area is 189 Å². The lowest BCUT2D eigenvalue weighted by Crippen LogP contribution is -2.47. The molecule has 0 fully saturated rings. The first-order valence-electron chi connectivity index (χ1n) is 8.99. The number of ether oxygens (including phenoxy) is 1. The first-order valence-corrected chi connectivity index (χ1v) is 9.78. The topological polar surface area (TPSA) is 76.4 Å². The van der Waals surface area contributed by atoms with E-state index in [4.69, 9.17) is 4.74 Å². The fraction of sp³-hybridized carbons (Fsp3) is 0.500. The number of guanidine groups is 1.